The van der Waals surface area contributed by atoms with Gasteiger partial charge in [0.25, 0.3) is 0 Å². The highest BCUT2D eigenvalue weighted by atomic mass is 16.7. The molecule has 0 saturated carbocycles. The fraction of sp³-hybridized carbons (Fsp3) is 0.0588. The Morgan fingerprint density at radius 3 is 2.55 bits per heavy atom. The van der Waals surface area contributed by atoms with Gasteiger partial charge in [0, 0.05) is 6.08 Å². The molecule has 2 rings (SSSR count). The first-order valence-electron chi connectivity index (χ1n) is 6.42. The molecule has 0 bridgehead atoms. The van der Waals surface area contributed by atoms with E-state index in [9.17, 15) is 4.79 Å². The molecule has 0 aromatic heterocycles. The van der Waals surface area contributed by atoms with Crippen LogP contribution >= 0.6 is 0 Å². The number of carbonyl (C=O) groups is 1. The molecule has 0 aliphatic rings. The van der Waals surface area contributed by atoms with Crippen molar-refractivity contribution in [1.82, 2.24) is 0 Å². The highest BCUT2D eigenvalue weighted by Gasteiger charge is 2.12. The van der Waals surface area contributed by atoms with E-state index in [1.165, 1.54) is 13.2 Å². The average molecular weight is 295 g/mol. The number of rotatable bonds is 4. The Morgan fingerprint density at radius 1 is 1.09 bits per heavy atom. The normalized spacial score (nSPS) is 10.0. The molecule has 0 atom stereocenters. The Hall–Kier alpha value is -3.26. The van der Waals surface area contributed by atoms with Gasteiger partial charge in [-0.3, -0.25) is 0 Å². The third-order valence-electron chi connectivity index (χ3n) is 2.68. The minimum Gasteiger partial charge on any atom is -0.493 e. The first-order valence-corrected chi connectivity index (χ1v) is 6.42. The predicted octanol–water partition coefficient (Wildman–Crippen LogP) is 3.81. The van der Waals surface area contributed by atoms with Crippen LogP contribution in [0.5, 0.6) is 17.2 Å². The van der Waals surface area contributed by atoms with Gasteiger partial charge in [0.1, 0.15) is 5.75 Å². The summed E-state index contributed by atoms with van der Waals surface area (Å²) < 4.78 is 15.3. The Balaban J connectivity index is 2.10. The first-order chi connectivity index (χ1) is 10.7. The van der Waals surface area contributed by atoms with E-state index in [0.717, 1.165) is 5.56 Å². The number of nitrogens with zero attached hydrogens (tertiary/aromatic N) is 1. The van der Waals surface area contributed by atoms with E-state index in [-0.39, 0.29) is 5.75 Å². The van der Waals surface area contributed by atoms with Gasteiger partial charge < -0.3 is 14.2 Å². The molecule has 2 aromatic rings. The van der Waals surface area contributed by atoms with Crippen molar-refractivity contribution in [1.29, 1.82) is 5.26 Å². The van der Waals surface area contributed by atoms with Crippen molar-refractivity contribution < 1.29 is 19.0 Å². The summed E-state index contributed by atoms with van der Waals surface area (Å²) in [6, 6.07) is 15.4. The molecule has 0 aliphatic heterocycles. The molecule has 0 unspecified atom stereocenters. The van der Waals surface area contributed by atoms with Crippen molar-refractivity contribution in [2.24, 2.45) is 0 Å². The number of nitriles is 1. The second-order valence-electron chi connectivity index (χ2n) is 4.14. The average Bonchev–Trinajstić information content (AvgIpc) is 2.54. The zero-order valence-electron chi connectivity index (χ0n) is 11.9. The monoisotopic (exact) mass is 295 g/mol. The number of allylic oxidation sites excluding steroid dienone is 1. The van der Waals surface area contributed by atoms with Gasteiger partial charge in [-0.05, 0) is 35.9 Å². The molecule has 0 radical (unpaired) electrons. The van der Waals surface area contributed by atoms with Gasteiger partial charge >= 0.3 is 6.16 Å². The molecule has 0 amide bonds. The zero-order valence-corrected chi connectivity index (χ0v) is 11.9. The maximum Gasteiger partial charge on any atom is 0.519 e. The van der Waals surface area contributed by atoms with Crippen molar-refractivity contribution in [2.75, 3.05) is 7.11 Å². The number of methoxy groups -OCH3 is 1. The van der Waals surface area contributed by atoms with Crippen molar-refractivity contribution in [3.8, 4) is 23.3 Å². The summed E-state index contributed by atoms with van der Waals surface area (Å²) in [6.07, 6.45) is 2.11. The topological polar surface area (TPSA) is 68.5 Å². The largest absolute Gasteiger partial charge is 0.519 e. The molecule has 0 N–H and O–H groups in total. The van der Waals surface area contributed by atoms with Crippen LogP contribution in [0.1, 0.15) is 5.56 Å². The summed E-state index contributed by atoms with van der Waals surface area (Å²) >= 11 is 0. The molecule has 0 fully saturated rings. The Bertz CT molecular complexity index is 717. The molecular weight excluding hydrogens is 282 g/mol. The van der Waals surface area contributed by atoms with Gasteiger partial charge in [-0.15, -0.1) is 0 Å². The SMILES string of the molecule is COc1cc(/C=C\C#N)ccc1OC(=O)Oc1ccccc1. The van der Waals surface area contributed by atoms with E-state index in [4.69, 9.17) is 19.5 Å². The van der Waals surface area contributed by atoms with Crippen LogP contribution in [0.4, 0.5) is 4.79 Å². The number of hydrogen-bond donors (Lipinski definition) is 0. The van der Waals surface area contributed by atoms with Crippen molar-refractivity contribution in [2.45, 2.75) is 0 Å². The Morgan fingerprint density at radius 2 is 1.86 bits per heavy atom. The minimum atomic E-state index is -0.857. The van der Waals surface area contributed by atoms with E-state index < -0.39 is 6.16 Å². The van der Waals surface area contributed by atoms with E-state index in [1.807, 2.05) is 12.1 Å². The summed E-state index contributed by atoms with van der Waals surface area (Å²) in [5.41, 5.74) is 0.752. The van der Waals surface area contributed by atoms with Crippen molar-refractivity contribution in [3.05, 3.63) is 60.2 Å². The van der Waals surface area contributed by atoms with Crippen LogP contribution in [0.2, 0.25) is 0 Å². The Kier molecular flexibility index (Phi) is 5.16. The van der Waals surface area contributed by atoms with E-state index in [0.29, 0.717) is 11.5 Å². The van der Waals surface area contributed by atoms with Gasteiger partial charge in [-0.25, -0.2) is 4.79 Å². The molecule has 5 heteroatoms. The third kappa shape index (κ3) is 4.12. The lowest BCUT2D eigenvalue weighted by Gasteiger charge is -2.10. The lowest BCUT2D eigenvalue weighted by atomic mass is 10.2. The summed E-state index contributed by atoms with van der Waals surface area (Å²) in [4.78, 5) is 11.7. The molecular formula is C17H13NO4. The van der Waals surface area contributed by atoms with Gasteiger partial charge in [0.15, 0.2) is 11.5 Å². The molecule has 0 aliphatic carbocycles. The first kappa shape index (κ1) is 15.1. The summed E-state index contributed by atoms with van der Waals surface area (Å²) in [5, 5.41) is 8.51. The second kappa shape index (κ2) is 7.50. The fourth-order valence-corrected chi connectivity index (χ4v) is 1.70. The van der Waals surface area contributed by atoms with Gasteiger partial charge in [-0.1, -0.05) is 24.3 Å². The van der Waals surface area contributed by atoms with Crippen LogP contribution in [-0.4, -0.2) is 13.3 Å². The summed E-state index contributed by atoms with van der Waals surface area (Å²) in [7, 11) is 1.46. The molecule has 2 aromatic carbocycles. The molecule has 22 heavy (non-hydrogen) atoms. The minimum absolute atomic E-state index is 0.234. The highest BCUT2D eigenvalue weighted by molar-refractivity contribution is 5.69. The molecule has 0 spiro atoms. The lowest BCUT2D eigenvalue weighted by Crippen LogP contribution is -2.14. The van der Waals surface area contributed by atoms with Gasteiger partial charge in [0.05, 0.1) is 13.2 Å². The second-order valence-corrected chi connectivity index (χ2v) is 4.14. The highest BCUT2D eigenvalue weighted by Crippen LogP contribution is 2.29. The van der Waals surface area contributed by atoms with Gasteiger partial charge in [0.2, 0.25) is 0 Å². The van der Waals surface area contributed by atoms with Gasteiger partial charge in [-0.2, -0.15) is 5.26 Å². The maximum atomic E-state index is 11.7. The van der Waals surface area contributed by atoms with Crippen LogP contribution in [0, 0.1) is 11.3 Å². The smallest absolute Gasteiger partial charge is 0.493 e. The van der Waals surface area contributed by atoms with Crippen LogP contribution in [-0.2, 0) is 0 Å². The van der Waals surface area contributed by atoms with Crippen LogP contribution in [0.25, 0.3) is 6.08 Å². The van der Waals surface area contributed by atoms with Crippen LogP contribution in [0.3, 0.4) is 0 Å². The maximum absolute atomic E-state index is 11.7. The van der Waals surface area contributed by atoms with Crippen LogP contribution in [0.15, 0.2) is 54.6 Å². The number of hydrogen-bond acceptors (Lipinski definition) is 5. The van der Waals surface area contributed by atoms with Crippen LogP contribution < -0.4 is 14.2 Å². The number of ether oxygens (including phenoxy) is 3. The summed E-state index contributed by atoms with van der Waals surface area (Å²) in [5.74, 6) is 0.989. The number of carbonyl (C=O) groups excluding carboxylic acids is 1. The predicted molar refractivity (Wildman–Crippen MR) is 80.7 cm³/mol. The van der Waals surface area contributed by atoms with E-state index in [1.54, 1.807) is 48.5 Å². The molecule has 0 saturated heterocycles. The summed E-state index contributed by atoms with van der Waals surface area (Å²) in [6.45, 7) is 0. The lowest BCUT2D eigenvalue weighted by molar-refractivity contribution is 0.150. The van der Waals surface area contributed by atoms with E-state index >= 15 is 0 Å². The van der Waals surface area contributed by atoms with Crippen molar-refractivity contribution in [3.63, 3.8) is 0 Å². The number of benzene rings is 2. The Labute approximate surface area is 128 Å². The quantitative estimate of drug-likeness (QED) is 0.487. The van der Waals surface area contributed by atoms with Crippen molar-refractivity contribution >= 4 is 12.2 Å². The zero-order chi connectivity index (χ0) is 15.8. The molecule has 110 valence electrons. The van der Waals surface area contributed by atoms with E-state index in [2.05, 4.69) is 0 Å². The third-order valence-corrected chi connectivity index (χ3v) is 2.68. The fourth-order valence-electron chi connectivity index (χ4n) is 1.70. The molecule has 0 heterocycles. The molecule has 5 nitrogen and oxygen atoms in total. The standard InChI is InChI=1S/C17H13NO4/c1-20-16-12-13(6-5-11-18)9-10-15(16)22-17(19)21-14-7-3-2-4-8-14/h2-10,12H,1H3/b6-5-. The number of para-hydroxylation sites is 1.